The summed E-state index contributed by atoms with van der Waals surface area (Å²) in [5.74, 6) is 0. The molecule has 0 amide bonds. The number of unbranched alkanes of at least 4 members (excludes halogenated alkanes) is 13. The molecule has 0 bridgehead atoms. The molecule has 158 valence electrons. The van der Waals surface area contributed by atoms with Gasteiger partial charge in [0.1, 0.15) is 0 Å². The summed E-state index contributed by atoms with van der Waals surface area (Å²) in [5.41, 5.74) is 0. The molecule has 26 heavy (non-hydrogen) atoms. The fraction of sp³-hybridized carbons (Fsp3) is 1.00. The van der Waals surface area contributed by atoms with Gasteiger partial charge in [-0.3, -0.25) is 0 Å². The maximum atomic E-state index is 5.97. The predicted octanol–water partition coefficient (Wildman–Crippen LogP) is 7.89. The average molecular weight is 408 g/mol. The Morgan fingerprint density at radius 2 is 0.731 bits per heavy atom. The van der Waals surface area contributed by atoms with E-state index in [4.69, 9.17) is 9.96 Å². The van der Waals surface area contributed by atoms with Crippen LogP contribution in [0.4, 0.5) is 0 Å². The van der Waals surface area contributed by atoms with Crippen LogP contribution in [-0.4, -0.2) is 19.8 Å². The molecule has 0 heterocycles. The van der Waals surface area contributed by atoms with Crippen molar-refractivity contribution in [2.24, 2.45) is 0 Å². The van der Waals surface area contributed by atoms with Crippen molar-refractivity contribution in [3.63, 3.8) is 0 Å². The molecule has 0 aromatic rings. The molecule has 0 atom stereocenters. The minimum atomic E-state index is -2.95. The van der Waals surface area contributed by atoms with Gasteiger partial charge in [0.2, 0.25) is 0 Å². The van der Waals surface area contributed by atoms with E-state index in [1.165, 1.54) is 89.9 Å². The van der Waals surface area contributed by atoms with E-state index < -0.39 is 17.8 Å². The second-order valence-corrected chi connectivity index (χ2v) is 11.6. The van der Waals surface area contributed by atoms with E-state index >= 15 is 0 Å². The van der Waals surface area contributed by atoms with Gasteiger partial charge in [0.25, 0.3) is 0 Å². The third kappa shape index (κ3) is 15.6. The normalized spacial score (nSPS) is 12.0. The molecule has 0 aromatic heterocycles. The van der Waals surface area contributed by atoms with Gasteiger partial charge in [-0.2, -0.15) is 0 Å². The molecule has 0 unspecified atom stereocenters. The molecule has 0 radical (unpaired) electrons. The zero-order valence-corrected chi connectivity index (χ0v) is 20.0. The van der Waals surface area contributed by atoms with Gasteiger partial charge in [-0.05, 0) is 0 Å². The fourth-order valence-corrected chi connectivity index (χ4v) is 7.73. The first-order chi connectivity index (χ1) is 12.7. The Balaban J connectivity index is 3.52. The van der Waals surface area contributed by atoms with Crippen LogP contribution in [0.15, 0.2) is 0 Å². The third-order valence-electron chi connectivity index (χ3n) is 4.93. The summed E-state index contributed by atoms with van der Waals surface area (Å²) in [5, 5.41) is 0. The van der Waals surface area contributed by atoms with Gasteiger partial charge in [0.05, 0.1) is 0 Å². The first-order valence-corrected chi connectivity index (χ1v) is 14.7. The average Bonchev–Trinajstić information content (AvgIpc) is 2.63. The maximum absolute atomic E-state index is 5.97. The van der Waals surface area contributed by atoms with Crippen molar-refractivity contribution in [3.05, 3.63) is 0 Å². The second kappa shape index (κ2) is 20.3. The van der Waals surface area contributed by atoms with Crippen molar-refractivity contribution in [2.45, 2.75) is 122 Å². The zero-order chi connectivity index (χ0) is 19.3. The summed E-state index contributed by atoms with van der Waals surface area (Å²) >= 11 is -2.95. The van der Waals surface area contributed by atoms with Crippen LogP contribution in [0.2, 0.25) is 4.73 Å². The third-order valence-corrected chi connectivity index (χ3v) is 9.85. The molecule has 0 saturated heterocycles. The van der Waals surface area contributed by atoms with Crippen molar-refractivity contribution in [1.82, 2.24) is 0 Å². The van der Waals surface area contributed by atoms with Crippen LogP contribution < -0.4 is 0 Å². The van der Waals surface area contributed by atoms with Gasteiger partial charge in [-0.25, -0.2) is 0 Å². The number of hydrogen-bond donors (Lipinski definition) is 0. The molecular weight excluding hydrogens is 360 g/mol. The number of rotatable bonds is 21. The Kier molecular flexibility index (Phi) is 20.8. The molecule has 0 aliphatic heterocycles. The SMILES string of the molecule is CCCCCCCCCCCCCCC[CH2][Ti]([O]CC)([O]CC)[O]CC. The molecule has 0 aliphatic carbocycles. The van der Waals surface area contributed by atoms with Crippen molar-refractivity contribution in [3.8, 4) is 0 Å². The minimum absolute atomic E-state index is 0.707. The molecule has 0 aliphatic rings. The Morgan fingerprint density at radius 1 is 0.423 bits per heavy atom. The van der Waals surface area contributed by atoms with Gasteiger partial charge < -0.3 is 0 Å². The van der Waals surface area contributed by atoms with Crippen molar-refractivity contribution < 1.29 is 27.7 Å². The Hall–Kier alpha value is 0.594. The van der Waals surface area contributed by atoms with Crippen LogP contribution in [0, 0.1) is 0 Å². The first-order valence-electron chi connectivity index (χ1n) is 11.7. The summed E-state index contributed by atoms with van der Waals surface area (Å²) < 4.78 is 18.9. The van der Waals surface area contributed by atoms with Crippen molar-refractivity contribution in [2.75, 3.05) is 19.8 Å². The van der Waals surface area contributed by atoms with Crippen LogP contribution in [0.5, 0.6) is 0 Å². The monoisotopic (exact) mass is 408 g/mol. The van der Waals surface area contributed by atoms with E-state index in [2.05, 4.69) is 6.92 Å². The predicted molar refractivity (Wildman–Crippen MR) is 110 cm³/mol. The van der Waals surface area contributed by atoms with E-state index in [-0.39, 0.29) is 0 Å². The molecule has 3 nitrogen and oxygen atoms in total. The van der Waals surface area contributed by atoms with Crippen LogP contribution in [-0.2, 0) is 27.7 Å². The Bertz CT molecular complexity index is 257. The second-order valence-electron chi connectivity index (χ2n) is 7.33. The van der Waals surface area contributed by atoms with Gasteiger partial charge in [0.15, 0.2) is 0 Å². The van der Waals surface area contributed by atoms with Gasteiger partial charge in [0, 0.05) is 0 Å². The first kappa shape index (κ1) is 26.6. The van der Waals surface area contributed by atoms with Crippen LogP contribution >= 0.6 is 0 Å². The van der Waals surface area contributed by atoms with Gasteiger partial charge in [-0.15, -0.1) is 0 Å². The van der Waals surface area contributed by atoms with Crippen molar-refractivity contribution >= 4 is 0 Å². The van der Waals surface area contributed by atoms with Crippen LogP contribution in [0.25, 0.3) is 0 Å². The Labute approximate surface area is 169 Å². The molecular formula is C22H48O3Ti. The molecule has 0 N–H and O–H groups in total. The standard InChI is InChI=1S/C16H33.3C2H5O.Ti/c1-3-5-7-9-11-13-15-16-14-12-10-8-6-4-2;3*1-2-3;/h1,3-16H2,2H3;3*2H2,1H3;/q;3*-1;+3. The van der Waals surface area contributed by atoms with Crippen molar-refractivity contribution in [1.29, 1.82) is 0 Å². The summed E-state index contributed by atoms with van der Waals surface area (Å²) in [6.45, 7) is 10.5. The topological polar surface area (TPSA) is 27.7 Å². The van der Waals surface area contributed by atoms with E-state index in [1.807, 2.05) is 20.8 Å². The zero-order valence-electron chi connectivity index (χ0n) is 18.5. The Morgan fingerprint density at radius 3 is 1.04 bits per heavy atom. The van der Waals surface area contributed by atoms with E-state index in [9.17, 15) is 0 Å². The van der Waals surface area contributed by atoms with E-state index in [0.29, 0.717) is 19.8 Å². The van der Waals surface area contributed by atoms with Gasteiger partial charge >= 0.3 is 144 Å². The van der Waals surface area contributed by atoms with E-state index in [0.717, 1.165) is 4.73 Å². The summed E-state index contributed by atoms with van der Waals surface area (Å²) in [6.07, 6.45) is 19.5. The van der Waals surface area contributed by atoms with Gasteiger partial charge in [-0.1, -0.05) is 26.2 Å². The quantitative estimate of drug-likeness (QED) is 0.143. The molecule has 0 spiro atoms. The molecule has 4 heteroatoms. The van der Waals surface area contributed by atoms with E-state index in [1.54, 1.807) is 0 Å². The summed E-state index contributed by atoms with van der Waals surface area (Å²) in [7, 11) is 0. The summed E-state index contributed by atoms with van der Waals surface area (Å²) in [4.78, 5) is 0. The molecule has 0 aromatic carbocycles. The molecule has 0 saturated carbocycles. The number of hydrogen-bond acceptors (Lipinski definition) is 3. The molecule has 0 fully saturated rings. The van der Waals surface area contributed by atoms with Crippen LogP contribution in [0.3, 0.4) is 0 Å². The fourth-order valence-electron chi connectivity index (χ4n) is 3.54. The summed E-state index contributed by atoms with van der Waals surface area (Å²) in [6, 6.07) is 0. The van der Waals surface area contributed by atoms with Crippen LogP contribution in [0.1, 0.15) is 118 Å². The molecule has 0 rings (SSSR count).